The summed E-state index contributed by atoms with van der Waals surface area (Å²) in [5.41, 5.74) is 8.99. The van der Waals surface area contributed by atoms with Crippen molar-refractivity contribution in [2.45, 2.75) is 10.6 Å². The second-order valence-corrected chi connectivity index (χ2v) is 5.91. The van der Waals surface area contributed by atoms with Gasteiger partial charge >= 0.3 is 0 Å². The molecule has 3 aromatic rings. The average molecular weight is 301 g/mol. The zero-order valence-electron chi connectivity index (χ0n) is 10.7. The van der Waals surface area contributed by atoms with Gasteiger partial charge in [0.2, 0.25) is 0 Å². The van der Waals surface area contributed by atoms with Crippen LogP contribution in [0.3, 0.4) is 0 Å². The fraction of sp³-hybridized carbons (Fsp3) is 0.0625. The molecule has 1 aromatic heterocycles. The summed E-state index contributed by atoms with van der Waals surface area (Å²) >= 11 is 7.63. The van der Waals surface area contributed by atoms with Gasteiger partial charge < -0.3 is 5.73 Å². The smallest absolute Gasteiger partial charge is 0.0705 e. The van der Waals surface area contributed by atoms with E-state index in [1.807, 2.05) is 36.5 Å². The van der Waals surface area contributed by atoms with Crippen LogP contribution in [0.25, 0.3) is 10.9 Å². The van der Waals surface area contributed by atoms with Crippen LogP contribution in [-0.2, 0) is 5.75 Å². The minimum Gasteiger partial charge on any atom is -0.398 e. The quantitative estimate of drug-likeness (QED) is 0.560. The third-order valence-electron chi connectivity index (χ3n) is 3.09. The molecule has 1 heterocycles. The van der Waals surface area contributed by atoms with Crippen LogP contribution in [-0.4, -0.2) is 4.98 Å². The largest absolute Gasteiger partial charge is 0.398 e. The van der Waals surface area contributed by atoms with Gasteiger partial charge in [-0.1, -0.05) is 29.8 Å². The van der Waals surface area contributed by atoms with Crippen molar-refractivity contribution in [2.75, 3.05) is 5.73 Å². The molecular weight excluding hydrogens is 288 g/mol. The van der Waals surface area contributed by atoms with Crippen LogP contribution in [0.1, 0.15) is 5.56 Å². The lowest BCUT2D eigenvalue weighted by atomic mass is 10.1. The topological polar surface area (TPSA) is 38.9 Å². The number of anilines is 1. The second-order valence-electron chi connectivity index (χ2n) is 4.46. The van der Waals surface area contributed by atoms with Gasteiger partial charge in [0.25, 0.3) is 0 Å². The van der Waals surface area contributed by atoms with E-state index in [1.54, 1.807) is 17.8 Å². The van der Waals surface area contributed by atoms with Gasteiger partial charge in [0.1, 0.15) is 0 Å². The number of pyridine rings is 1. The maximum absolute atomic E-state index is 5.98. The first-order valence-corrected chi connectivity index (χ1v) is 7.61. The number of hydrogen-bond acceptors (Lipinski definition) is 3. The summed E-state index contributed by atoms with van der Waals surface area (Å²) in [6.45, 7) is 0. The van der Waals surface area contributed by atoms with Crippen molar-refractivity contribution in [1.82, 2.24) is 4.98 Å². The van der Waals surface area contributed by atoms with Crippen LogP contribution in [0.5, 0.6) is 0 Å². The van der Waals surface area contributed by atoms with Gasteiger partial charge in [0.15, 0.2) is 0 Å². The number of para-hydroxylation sites is 1. The van der Waals surface area contributed by atoms with Gasteiger partial charge in [-0.05, 0) is 35.9 Å². The van der Waals surface area contributed by atoms with Crippen molar-refractivity contribution in [3.63, 3.8) is 0 Å². The molecule has 0 unspecified atom stereocenters. The van der Waals surface area contributed by atoms with Crippen LogP contribution in [0.4, 0.5) is 5.69 Å². The Morgan fingerprint density at radius 1 is 1.10 bits per heavy atom. The first kappa shape index (κ1) is 13.3. The second kappa shape index (κ2) is 5.73. The third kappa shape index (κ3) is 2.74. The fourth-order valence-electron chi connectivity index (χ4n) is 2.09. The summed E-state index contributed by atoms with van der Waals surface area (Å²) < 4.78 is 0. The normalized spacial score (nSPS) is 10.8. The van der Waals surface area contributed by atoms with Gasteiger partial charge in [0, 0.05) is 32.9 Å². The number of nitrogen functional groups attached to an aromatic ring is 1. The van der Waals surface area contributed by atoms with Crippen molar-refractivity contribution < 1.29 is 0 Å². The van der Waals surface area contributed by atoms with Gasteiger partial charge in [-0.25, -0.2) is 0 Å². The number of aromatic nitrogens is 1. The Balaban J connectivity index is 1.87. The lowest BCUT2D eigenvalue weighted by molar-refractivity contribution is 1.34. The Hall–Kier alpha value is -1.71. The molecule has 0 saturated carbocycles. The first-order chi connectivity index (χ1) is 9.74. The Morgan fingerprint density at radius 2 is 1.95 bits per heavy atom. The molecule has 2 N–H and O–H groups in total. The molecule has 0 atom stereocenters. The van der Waals surface area contributed by atoms with Crippen molar-refractivity contribution in [3.05, 3.63) is 65.3 Å². The molecule has 3 rings (SSSR count). The highest BCUT2D eigenvalue weighted by Gasteiger charge is 2.05. The maximum atomic E-state index is 5.98. The summed E-state index contributed by atoms with van der Waals surface area (Å²) in [6, 6.07) is 15.8. The standard InChI is InChI=1S/C16H13ClN2S/c17-12-5-6-16(14(18)9-12)20-10-11-7-8-19-15-4-2-1-3-13(11)15/h1-9H,10,18H2. The van der Waals surface area contributed by atoms with E-state index in [4.69, 9.17) is 17.3 Å². The summed E-state index contributed by atoms with van der Waals surface area (Å²) in [6.07, 6.45) is 1.85. The minimum absolute atomic E-state index is 0.668. The molecule has 0 bridgehead atoms. The fourth-order valence-corrected chi connectivity index (χ4v) is 3.22. The van der Waals surface area contributed by atoms with E-state index in [0.29, 0.717) is 5.02 Å². The number of hydrogen-bond donors (Lipinski definition) is 1. The third-order valence-corrected chi connectivity index (χ3v) is 4.47. The van der Waals surface area contributed by atoms with Crippen molar-refractivity contribution in [1.29, 1.82) is 0 Å². The zero-order valence-corrected chi connectivity index (χ0v) is 12.3. The van der Waals surface area contributed by atoms with Crippen molar-refractivity contribution >= 4 is 40.0 Å². The number of thioether (sulfide) groups is 1. The van der Waals surface area contributed by atoms with Crippen LogP contribution in [0, 0.1) is 0 Å². The Morgan fingerprint density at radius 3 is 2.80 bits per heavy atom. The Labute approximate surface area is 127 Å². The minimum atomic E-state index is 0.668. The molecule has 0 aliphatic rings. The number of fused-ring (bicyclic) bond motifs is 1. The van der Waals surface area contributed by atoms with E-state index in [0.717, 1.165) is 21.9 Å². The first-order valence-electron chi connectivity index (χ1n) is 6.24. The Bertz CT molecular complexity index is 753. The highest BCUT2D eigenvalue weighted by Crippen LogP contribution is 2.31. The summed E-state index contributed by atoms with van der Waals surface area (Å²) in [7, 11) is 0. The summed E-state index contributed by atoms with van der Waals surface area (Å²) in [4.78, 5) is 5.43. The summed E-state index contributed by atoms with van der Waals surface area (Å²) in [5.74, 6) is 0.856. The van der Waals surface area contributed by atoms with Crippen LogP contribution in [0.15, 0.2) is 59.6 Å². The SMILES string of the molecule is Nc1cc(Cl)ccc1SCc1ccnc2ccccc12. The van der Waals surface area contributed by atoms with E-state index >= 15 is 0 Å². The molecular formula is C16H13ClN2S. The molecule has 0 fully saturated rings. The lowest BCUT2D eigenvalue weighted by Crippen LogP contribution is -1.90. The summed E-state index contributed by atoms with van der Waals surface area (Å²) in [5, 5.41) is 1.86. The lowest BCUT2D eigenvalue weighted by Gasteiger charge is -2.08. The van der Waals surface area contributed by atoms with E-state index in [-0.39, 0.29) is 0 Å². The van der Waals surface area contributed by atoms with E-state index < -0.39 is 0 Å². The van der Waals surface area contributed by atoms with Crippen LogP contribution < -0.4 is 5.73 Å². The maximum Gasteiger partial charge on any atom is 0.0705 e. The van der Waals surface area contributed by atoms with Gasteiger partial charge in [-0.15, -0.1) is 11.8 Å². The molecule has 20 heavy (non-hydrogen) atoms. The molecule has 0 radical (unpaired) electrons. The molecule has 2 aromatic carbocycles. The molecule has 0 aliphatic heterocycles. The molecule has 2 nitrogen and oxygen atoms in total. The van der Waals surface area contributed by atoms with Crippen molar-refractivity contribution in [2.24, 2.45) is 0 Å². The molecule has 0 aliphatic carbocycles. The van der Waals surface area contributed by atoms with Gasteiger partial charge in [0.05, 0.1) is 5.52 Å². The Kier molecular flexibility index (Phi) is 3.81. The molecule has 4 heteroatoms. The van der Waals surface area contributed by atoms with E-state index in [1.165, 1.54) is 10.9 Å². The number of nitrogens with two attached hydrogens (primary N) is 1. The number of nitrogens with zero attached hydrogens (tertiary/aromatic N) is 1. The number of rotatable bonds is 3. The molecule has 100 valence electrons. The van der Waals surface area contributed by atoms with Crippen LogP contribution >= 0.6 is 23.4 Å². The van der Waals surface area contributed by atoms with E-state index in [2.05, 4.69) is 17.1 Å². The number of benzene rings is 2. The molecule has 0 saturated heterocycles. The monoisotopic (exact) mass is 300 g/mol. The highest BCUT2D eigenvalue weighted by atomic mass is 35.5. The number of halogens is 1. The zero-order chi connectivity index (χ0) is 13.9. The highest BCUT2D eigenvalue weighted by molar-refractivity contribution is 7.98. The molecule has 0 spiro atoms. The van der Waals surface area contributed by atoms with Gasteiger partial charge in [-0.2, -0.15) is 0 Å². The van der Waals surface area contributed by atoms with Crippen molar-refractivity contribution in [3.8, 4) is 0 Å². The predicted octanol–water partition coefficient (Wildman–Crippen LogP) is 4.76. The average Bonchev–Trinajstić information content (AvgIpc) is 2.46. The van der Waals surface area contributed by atoms with Gasteiger partial charge in [-0.3, -0.25) is 4.98 Å². The predicted molar refractivity (Wildman–Crippen MR) is 87.2 cm³/mol. The van der Waals surface area contributed by atoms with Crippen LogP contribution in [0.2, 0.25) is 5.02 Å². The molecule has 0 amide bonds. The van der Waals surface area contributed by atoms with E-state index in [9.17, 15) is 0 Å².